The predicted molar refractivity (Wildman–Crippen MR) is 109 cm³/mol. The van der Waals surface area contributed by atoms with Crippen LogP contribution in [0.15, 0.2) is 72.5 Å². The number of allylic oxidation sites excluding steroid dienone is 1. The molecule has 7 heteroatoms. The van der Waals surface area contributed by atoms with Gasteiger partial charge in [0.05, 0.1) is 11.1 Å². The van der Waals surface area contributed by atoms with E-state index >= 15 is 0 Å². The average Bonchev–Trinajstić information content (AvgIpc) is 3.04. The Labute approximate surface area is 176 Å². The molecule has 0 amide bonds. The fourth-order valence-electron chi connectivity index (χ4n) is 3.03. The third-order valence-corrected chi connectivity index (χ3v) is 4.56. The molecule has 0 bridgehead atoms. The Bertz CT molecular complexity index is 1180. The van der Waals surface area contributed by atoms with Crippen LogP contribution in [-0.2, 0) is 0 Å². The van der Waals surface area contributed by atoms with Crippen molar-refractivity contribution in [2.45, 2.75) is 13.5 Å². The molecule has 31 heavy (non-hydrogen) atoms. The monoisotopic (exact) mass is 422 g/mol. The number of rotatable bonds is 5. The molecule has 0 aliphatic carbocycles. The first-order valence-corrected chi connectivity index (χ1v) is 9.32. The summed E-state index contributed by atoms with van der Waals surface area (Å²) in [6.07, 6.45) is 1.33. The molecule has 4 rings (SSSR count). The fourth-order valence-corrected chi connectivity index (χ4v) is 3.03. The Balaban J connectivity index is 1.55. The van der Waals surface area contributed by atoms with Gasteiger partial charge in [-0.3, -0.25) is 4.79 Å². The lowest BCUT2D eigenvalue weighted by Crippen LogP contribution is -2.08. The Morgan fingerprint density at radius 3 is 2.52 bits per heavy atom. The first-order chi connectivity index (χ1) is 14.9. The molecule has 156 valence electrons. The predicted octanol–water partition coefficient (Wildman–Crippen LogP) is 5.43. The second-order valence-electron chi connectivity index (χ2n) is 6.77. The van der Waals surface area contributed by atoms with Crippen molar-refractivity contribution in [1.29, 1.82) is 0 Å². The number of para-hydroxylation sites is 1. The number of hydrogen-bond acceptors (Lipinski definition) is 5. The van der Waals surface area contributed by atoms with E-state index in [4.69, 9.17) is 9.47 Å². The van der Waals surface area contributed by atoms with Gasteiger partial charge in [-0.05, 0) is 43.3 Å². The second-order valence-corrected chi connectivity index (χ2v) is 6.77. The molecule has 0 saturated heterocycles. The molecule has 1 aliphatic heterocycles. The van der Waals surface area contributed by atoms with Gasteiger partial charge >= 0.3 is 12.6 Å². The van der Waals surface area contributed by atoms with E-state index in [1.54, 1.807) is 36.4 Å². The zero-order valence-electron chi connectivity index (χ0n) is 16.3. The van der Waals surface area contributed by atoms with Crippen LogP contribution in [0.3, 0.4) is 0 Å². The maximum absolute atomic E-state index is 12.6. The van der Waals surface area contributed by atoms with E-state index < -0.39 is 18.4 Å². The highest BCUT2D eigenvalue weighted by atomic mass is 19.3. The minimum Gasteiger partial charge on any atom is -0.452 e. The minimum atomic E-state index is -3.00. The largest absolute Gasteiger partial charge is 0.452 e. The van der Waals surface area contributed by atoms with E-state index in [2.05, 4.69) is 4.74 Å². The highest BCUT2D eigenvalue weighted by Gasteiger charge is 2.28. The maximum atomic E-state index is 12.6. The summed E-state index contributed by atoms with van der Waals surface area (Å²) in [7, 11) is 0. The van der Waals surface area contributed by atoms with E-state index in [0.717, 1.165) is 5.56 Å². The number of halogens is 2. The van der Waals surface area contributed by atoms with E-state index in [1.807, 2.05) is 6.92 Å². The normalized spacial score (nSPS) is 13.8. The Kier molecular flexibility index (Phi) is 5.49. The molecule has 1 heterocycles. The van der Waals surface area contributed by atoms with Crippen molar-refractivity contribution in [3.05, 3.63) is 94.7 Å². The summed E-state index contributed by atoms with van der Waals surface area (Å²) in [5.41, 5.74) is 1.94. The summed E-state index contributed by atoms with van der Waals surface area (Å²) in [4.78, 5) is 24.9. The topological polar surface area (TPSA) is 61.8 Å². The quantitative estimate of drug-likeness (QED) is 0.312. The molecule has 0 radical (unpaired) electrons. The van der Waals surface area contributed by atoms with Crippen LogP contribution in [0.1, 0.15) is 31.8 Å². The van der Waals surface area contributed by atoms with Crippen molar-refractivity contribution >= 4 is 17.8 Å². The number of ether oxygens (including phenoxy) is 3. The summed E-state index contributed by atoms with van der Waals surface area (Å²) < 4.78 is 40.7. The second kappa shape index (κ2) is 8.39. The first kappa shape index (κ1) is 20.3. The van der Waals surface area contributed by atoms with Crippen LogP contribution in [0.25, 0.3) is 6.08 Å². The van der Waals surface area contributed by atoms with Gasteiger partial charge in [-0.15, -0.1) is 0 Å². The number of alkyl halides is 2. The number of aryl methyl sites for hydroxylation is 1. The zero-order valence-corrected chi connectivity index (χ0v) is 16.3. The van der Waals surface area contributed by atoms with Crippen molar-refractivity contribution in [3.8, 4) is 17.2 Å². The minimum absolute atomic E-state index is 0.0534. The molecular weight excluding hydrogens is 406 g/mol. The third kappa shape index (κ3) is 4.45. The molecule has 5 nitrogen and oxygen atoms in total. The molecule has 3 aromatic rings. The number of hydrogen-bond donors (Lipinski definition) is 0. The van der Waals surface area contributed by atoms with Gasteiger partial charge in [0.15, 0.2) is 5.76 Å². The molecule has 0 saturated carbocycles. The van der Waals surface area contributed by atoms with Crippen LogP contribution in [0, 0.1) is 6.92 Å². The van der Waals surface area contributed by atoms with Gasteiger partial charge < -0.3 is 14.2 Å². The van der Waals surface area contributed by atoms with Gasteiger partial charge in [-0.2, -0.15) is 8.78 Å². The van der Waals surface area contributed by atoms with Crippen molar-refractivity contribution < 1.29 is 32.6 Å². The lowest BCUT2D eigenvalue weighted by atomic mass is 10.1. The lowest BCUT2D eigenvalue weighted by molar-refractivity contribution is -0.0500. The Hall–Kier alpha value is -4.00. The van der Waals surface area contributed by atoms with Crippen LogP contribution in [0.5, 0.6) is 17.2 Å². The standard InChI is InChI=1S/C24H16F2O5/c1-14-6-8-15(9-7-14)23(28)29-17-10-11-18-20(13-17)30-21(22(18)27)12-16-4-2-3-5-19(16)31-24(25)26/h2-13,24H,1H3/b21-12-. The van der Waals surface area contributed by atoms with Crippen LogP contribution in [0.4, 0.5) is 8.78 Å². The summed E-state index contributed by atoms with van der Waals surface area (Å²) in [6.45, 7) is -1.09. The smallest absolute Gasteiger partial charge is 0.387 e. The molecule has 0 N–H and O–H groups in total. The molecule has 0 unspecified atom stereocenters. The highest BCUT2D eigenvalue weighted by Crippen LogP contribution is 2.36. The van der Waals surface area contributed by atoms with Crippen LogP contribution < -0.4 is 14.2 Å². The van der Waals surface area contributed by atoms with Gasteiger partial charge in [0.1, 0.15) is 17.2 Å². The summed E-state index contributed by atoms with van der Waals surface area (Å²) in [6, 6.07) is 17.4. The molecule has 0 fully saturated rings. The number of fused-ring (bicyclic) bond motifs is 1. The summed E-state index contributed by atoms with van der Waals surface area (Å²) in [5, 5.41) is 0. The number of Topliss-reactive ketones (excluding diaryl/α,β-unsaturated/α-hetero) is 1. The van der Waals surface area contributed by atoms with E-state index in [0.29, 0.717) is 5.56 Å². The zero-order chi connectivity index (χ0) is 22.0. The number of carbonyl (C=O) groups excluding carboxylic acids is 2. The van der Waals surface area contributed by atoms with Gasteiger partial charge in [0, 0.05) is 11.6 Å². The molecule has 0 atom stereocenters. The molecule has 3 aromatic carbocycles. The van der Waals surface area contributed by atoms with E-state index in [1.165, 1.54) is 36.4 Å². The fraction of sp³-hybridized carbons (Fsp3) is 0.0833. The molecular formula is C24H16F2O5. The van der Waals surface area contributed by atoms with Crippen molar-refractivity contribution in [2.24, 2.45) is 0 Å². The number of benzene rings is 3. The van der Waals surface area contributed by atoms with Crippen molar-refractivity contribution in [2.75, 3.05) is 0 Å². The van der Waals surface area contributed by atoms with E-state index in [9.17, 15) is 18.4 Å². The summed E-state index contributed by atoms with van der Waals surface area (Å²) in [5.74, 6) is -0.679. The molecule has 1 aliphatic rings. The highest BCUT2D eigenvalue weighted by molar-refractivity contribution is 6.14. The number of esters is 1. The van der Waals surface area contributed by atoms with Crippen LogP contribution in [-0.4, -0.2) is 18.4 Å². The molecule has 0 aromatic heterocycles. The number of ketones is 1. The van der Waals surface area contributed by atoms with Crippen molar-refractivity contribution in [3.63, 3.8) is 0 Å². The average molecular weight is 422 g/mol. The third-order valence-electron chi connectivity index (χ3n) is 4.56. The molecule has 0 spiro atoms. The van der Waals surface area contributed by atoms with Gasteiger partial charge in [-0.25, -0.2) is 4.79 Å². The summed E-state index contributed by atoms with van der Waals surface area (Å²) >= 11 is 0. The Morgan fingerprint density at radius 2 is 1.77 bits per heavy atom. The van der Waals surface area contributed by atoms with E-state index in [-0.39, 0.29) is 34.1 Å². The van der Waals surface area contributed by atoms with Crippen LogP contribution >= 0.6 is 0 Å². The van der Waals surface area contributed by atoms with Gasteiger partial charge in [0.25, 0.3) is 0 Å². The van der Waals surface area contributed by atoms with Gasteiger partial charge in [0.2, 0.25) is 5.78 Å². The first-order valence-electron chi connectivity index (χ1n) is 9.32. The Morgan fingerprint density at radius 1 is 1.03 bits per heavy atom. The maximum Gasteiger partial charge on any atom is 0.387 e. The van der Waals surface area contributed by atoms with Crippen LogP contribution in [0.2, 0.25) is 0 Å². The lowest BCUT2D eigenvalue weighted by Gasteiger charge is -2.08. The number of carbonyl (C=O) groups is 2. The SMILES string of the molecule is Cc1ccc(C(=O)Oc2ccc3c(c2)O/C(=C\c2ccccc2OC(F)F)C3=O)cc1. The van der Waals surface area contributed by atoms with Crippen molar-refractivity contribution in [1.82, 2.24) is 0 Å². The van der Waals surface area contributed by atoms with Gasteiger partial charge in [-0.1, -0.05) is 35.9 Å².